The lowest BCUT2D eigenvalue weighted by molar-refractivity contribution is -0.0519. The lowest BCUT2D eigenvalue weighted by atomic mass is 10.0. The Labute approximate surface area is 321 Å². The predicted octanol–water partition coefficient (Wildman–Crippen LogP) is 8.77. The molecule has 4 aromatic rings. The number of pyridine rings is 1. The van der Waals surface area contributed by atoms with Gasteiger partial charge in [-0.2, -0.15) is 8.78 Å². The number of halogens is 4. The Bertz CT molecular complexity index is 1990. The average molecular weight is 783 g/mol. The molecule has 1 aromatic heterocycles. The number of methoxy groups -OCH3 is 1. The summed E-state index contributed by atoms with van der Waals surface area (Å²) < 4.78 is 54.8. The standard InChI is InChI=1S/C40H39Cl2F2N3O7/c1-23(2)51-36-16-26(12-13-34(36)53-38(43)44)35(17-27-30(41)18-45-19-31(27)42)52-37(48)25-10-8-24(9-11-25)20-47(32-6-4-5-7-33(32)50-3)39(49)54-40-22-46-15-14-28(40)29(40)21-46/h4-13,16,18-19,23,28-29,35,38H,14-15,17,20-22H2,1-3H3/t28?,29?,35-,40+/m0/s1. The molecular formula is C40H39Cl2F2N3O7. The van der Waals surface area contributed by atoms with Crippen molar-refractivity contribution in [2.45, 2.75) is 57.7 Å². The van der Waals surface area contributed by atoms with Crippen molar-refractivity contribution in [1.82, 2.24) is 9.88 Å². The summed E-state index contributed by atoms with van der Waals surface area (Å²) in [5, 5.41) is 0.522. The van der Waals surface area contributed by atoms with Crippen LogP contribution < -0.4 is 19.1 Å². The van der Waals surface area contributed by atoms with E-state index < -0.39 is 30.4 Å². The fourth-order valence-corrected chi connectivity index (χ4v) is 8.18. The third kappa shape index (κ3) is 7.78. The highest BCUT2D eigenvalue weighted by Crippen LogP contribution is 2.63. The van der Waals surface area contributed by atoms with Gasteiger partial charge in [0.15, 0.2) is 11.5 Å². The van der Waals surface area contributed by atoms with Gasteiger partial charge in [0, 0.05) is 43.7 Å². The van der Waals surface area contributed by atoms with Crippen LogP contribution >= 0.6 is 23.2 Å². The Kier molecular flexibility index (Phi) is 10.9. The molecule has 8 rings (SSSR count). The number of hydrogen-bond acceptors (Lipinski definition) is 9. The second kappa shape index (κ2) is 15.6. The van der Waals surface area contributed by atoms with E-state index >= 15 is 0 Å². The van der Waals surface area contributed by atoms with Crippen LogP contribution in [0.3, 0.4) is 0 Å². The first kappa shape index (κ1) is 37.7. The zero-order valence-corrected chi connectivity index (χ0v) is 31.4. The molecule has 3 unspecified atom stereocenters. The van der Waals surface area contributed by atoms with Crippen LogP contribution in [-0.4, -0.2) is 67.0 Å². The molecule has 10 nitrogen and oxygen atoms in total. The maximum absolute atomic E-state index is 13.9. The molecule has 284 valence electrons. The van der Waals surface area contributed by atoms with E-state index in [0.717, 1.165) is 31.6 Å². The van der Waals surface area contributed by atoms with Crippen molar-refractivity contribution in [1.29, 1.82) is 0 Å². The number of carbonyl (C=O) groups is 2. The summed E-state index contributed by atoms with van der Waals surface area (Å²) in [7, 11) is 1.55. The van der Waals surface area contributed by atoms with Crippen molar-refractivity contribution in [3.63, 3.8) is 0 Å². The number of benzene rings is 3. The van der Waals surface area contributed by atoms with Crippen molar-refractivity contribution in [2.24, 2.45) is 11.8 Å². The molecule has 3 aliphatic heterocycles. The number of para-hydroxylation sites is 2. The maximum atomic E-state index is 13.9. The number of nitrogens with zero attached hydrogens (tertiary/aromatic N) is 3. The number of alkyl halides is 2. The summed E-state index contributed by atoms with van der Waals surface area (Å²) in [5.74, 6) is 0.495. The first-order valence-corrected chi connectivity index (χ1v) is 18.4. The summed E-state index contributed by atoms with van der Waals surface area (Å²) in [5.41, 5.74) is 1.98. The van der Waals surface area contributed by atoms with E-state index in [1.807, 2.05) is 18.2 Å². The molecule has 3 aromatic carbocycles. The van der Waals surface area contributed by atoms with Gasteiger partial charge in [-0.3, -0.25) is 14.8 Å². The summed E-state index contributed by atoms with van der Waals surface area (Å²) in [6, 6.07) is 18.3. The van der Waals surface area contributed by atoms with Gasteiger partial charge in [0.2, 0.25) is 0 Å². The molecule has 4 aliphatic rings. The summed E-state index contributed by atoms with van der Waals surface area (Å²) >= 11 is 12.9. The van der Waals surface area contributed by atoms with E-state index in [9.17, 15) is 18.4 Å². The van der Waals surface area contributed by atoms with Crippen LogP contribution in [0.5, 0.6) is 17.2 Å². The predicted molar refractivity (Wildman–Crippen MR) is 198 cm³/mol. The fraction of sp³-hybridized carbons (Fsp3) is 0.375. The van der Waals surface area contributed by atoms with Gasteiger partial charge < -0.3 is 23.7 Å². The van der Waals surface area contributed by atoms with Gasteiger partial charge in [0.25, 0.3) is 0 Å². The minimum atomic E-state index is -3.07. The van der Waals surface area contributed by atoms with Gasteiger partial charge in [-0.05, 0) is 79.9 Å². The third-order valence-corrected chi connectivity index (χ3v) is 10.9. The Morgan fingerprint density at radius 1 is 0.963 bits per heavy atom. The zero-order chi connectivity index (χ0) is 38.1. The van der Waals surface area contributed by atoms with Gasteiger partial charge in [0.1, 0.15) is 17.5 Å². The number of rotatable bonds is 14. The molecule has 1 amide bonds. The monoisotopic (exact) mass is 781 g/mol. The average Bonchev–Trinajstić information content (AvgIpc) is 3.64. The maximum Gasteiger partial charge on any atom is 0.415 e. The first-order valence-electron chi connectivity index (χ1n) is 17.6. The minimum absolute atomic E-state index is 0.0388. The number of fused-ring (bicyclic) bond motifs is 1. The Balaban J connectivity index is 1.13. The molecule has 0 radical (unpaired) electrons. The second-order valence-corrected chi connectivity index (χ2v) is 14.8. The minimum Gasteiger partial charge on any atom is -0.495 e. The second-order valence-electron chi connectivity index (χ2n) is 13.9. The number of anilines is 1. The van der Waals surface area contributed by atoms with Gasteiger partial charge in [-0.25, -0.2) is 9.59 Å². The Morgan fingerprint density at radius 3 is 2.33 bits per heavy atom. The Morgan fingerprint density at radius 2 is 1.70 bits per heavy atom. The van der Waals surface area contributed by atoms with E-state index in [1.165, 1.54) is 30.6 Å². The number of aromatic nitrogens is 1. The highest BCUT2D eigenvalue weighted by atomic mass is 35.5. The molecule has 14 heteroatoms. The van der Waals surface area contributed by atoms with Crippen molar-refractivity contribution in [2.75, 3.05) is 31.6 Å². The molecule has 4 heterocycles. The fourth-order valence-electron chi connectivity index (χ4n) is 7.66. The molecule has 1 aliphatic carbocycles. The van der Waals surface area contributed by atoms with Crippen LogP contribution in [0.15, 0.2) is 79.1 Å². The number of carbonyl (C=O) groups excluding carboxylic acids is 2. The molecule has 5 atom stereocenters. The zero-order valence-electron chi connectivity index (χ0n) is 29.8. The normalized spacial score (nSPS) is 21.4. The van der Waals surface area contributed by atoms with E-state index in [2.05, 4.69) is 14.6 Å². The van der Waals surface area contributed by atoms with Crippen LogP contribution in [0, 0.1) is 11.8 Å². The summed E-state index contributed by atoms with van der Waals surface area (Å²) in [4.78, 5) is 35.6. The lowest BCUT2D eigenvalue weighted by Crippen LogP contribution is -2.42. The van der Waals surface area contributed by atoms with Crippen molar-refractivity contribution >= 4 is 41.0 Å². The number of piperidine rings is 3. The number of ether oxygens (including phenoxy) is 5. The SMILES string of the molecule is COc1ccccc1N(Cc1ccc(C(=O)O[C@@H](Cc2c(Cl)cncc2Cl)c2ccc(OC(F)F)c(OC(C)C)c2)cc1)C(=O)O[C@]12CN3CCC1C2C3. The molecule has 0 spiro atoms. The van der Waals surface area contributed by atoms with Crippen LogP contribution in [0.1, 0.15) is 53.4 Å². The number of esters is 1. The quantitative estimate of drug-likeness (QED) is 0.116. The molecule has 1 saturated carbocycles. The van der Waals surface area contributed by atoms with Gasteiger partial charge in [-0.15, -0.1) is 0 Å². The lowest BCUT2D eigenvalue weighted by Gasteiger charge is -2.31. The number of hydrogen-bond donors (Lipinski definition) is 0. The molecule has 4 bridgehead atoms. The van der Waals surface area contributed by atoms with E-state index in [0.29, 0.717) is 34.4 Å². The summed E-state index contributed by atoms with van der Waals surface area (Å²) in [6.45, 7) is 3.31. The highest BCUT2D eigenvalue weighted by molar-refractivity contribution is 6.35. The van der Waals surface area contributed by atoms with E-state index in [-0.39, 0.29) is 46.2 Å². The first-order chi connectivity index (χ1) is 25.9. The largest absolute Gasteiger partial charge is 0.495 e. The van der Waals surface area contributed by atoms with Crippen molar-refractivity contribution < 1.29 is 42.1 Å². The third-order valence-electron chi connectivity index (χ3n) is 10.2. The molecule has 54 heavy (non-hydrogen) atoms. The van der Waals surface area contributed by atoms with E-state index in [4.69, 9.17) is 42.1 Å². The molecule has 0 N–H and O–H groups in total. The molecular weight excluding hydrogens is 743 g/mol. The van der Waals surface area contributed by atoms with Crippen LogP contribution in [0.2, 0.25) is 10.0 Å². The smallest absolute Gasteiger partial charge is 0.415 e. The van der Waals surface area contributed by atoms with Crippen LogP contribution in [0.4, 0.5) is 19.3 Å². The number of amides is 1. The van der Waals surface area contributed by atoms with E-state index in [1.54, 1.807) is 56.2 Å². The molecule has 3 saturated heterocycles. The van der Waals surface area contributed by atoms with Crippen LogP contribution in [0.25, 0.3) is 0 Å². The van der Waals surface area contributed by atoms with Gasteiger partial charge in [-0.1, -0.05) is 53.5 Å². The topological polar surface area (TPSA) is 99.7 Å². The van der Waals surface area contributed by atoms with Crippen molar-refractivity contribution in [3.05, 3.63) is 111 Å². The highest BCUT2D eigenvalue weighted by Gasteiger charge is 2.74. The van der Waals surface area contributed by atoms with Crippen LogP contribution in [-0.2, 0) is 22.4 Å². The van der Waals surface area contributed by atoms with Gasteiger partial charge >= 0.3 is 18.7 Å². The Hall–Kier alpha value is -4.65. The van der Waals surface area contributed by atoms with Crippen molar-refractivity contribution in [3.8, 4) is 17.2 Å². The molecule has 4 fully saturated rings. The van der Waals surface area contributed by atoms with Gasteiger partial charge in [0.05, 0.1) is 41.1 Å². The summed E-state index contributed by atoms with van der Waals surface area (Å²) in [6.07, 6.45) is 2.11.